The van der Waals surface area contributed by atoms with Gasteiger partial charge in [-0.15, -0.1) is 0 Å². The van der Waals surface area contributed by atoms with Gasteiger partial charge in [0.15, 0.2) is 6.17 Å². The minimum Gasteiger partial charge on any atom is -0.392 e. The highest BCUT2D eigenvalue weighted by Crippen LogP contribution is 2.44. The lowest BCUT2D eigenvalue weighted by atomic mass is 9.84. The van der Waals surface area contributed by atoms with E-state index < -0.39 is 36.2 Å². The summed E-state index contributed by atoms with van der Waals surface area (Å²) < 4.78 is 84.2. The van der Waals surface area contributed by atoms with Crippen LogP contribution >= 0.6 is 0 Å². The molecule has 1 N–H and O–H groups in total. The van der Waals surface area contributed by atoms with Gasteiger partial charge in [-0.05, 0) is 59.0 Å². The number of rotatable bonds is 6. The van der Waals surface area contributed by atoms with Gasteiger partial charge in [-0.25, -0.2) is 13.2 Å². The van der Waals surface area contributed by atoms with E-state index in [1.54, 1.807) is 19.9 Å². The summed E-state index contributed by atoms with van der Waals surface area (Å²) in [6.45, 7) is 2.86. The highest BCUT2D eigenvalue weighted by atomic mass is 19.4. The van der Waals surface area contributed by atoms with E-state index in [9.17, 15) is 27.1 Å². The van der Waals surface area contributed by atoms with Crippen LogP contribution in [0.25, 0.3) is 22.4 Å². The maximum absolute atomic E-state index is 16.3. The molecule has 0 aliphatic carbocycles. The zero-order valence-electron chi connectivity index (χ0n) is 20.0. The molecule has 1 aromatic heterocycles. The molecule has 4 rings (SSSR count). The lowest BCUT2D eigenvalue weighted by Crippen LogP contribution is -2.12. The van der Waals surface area contributed by atoms with E-state index in [1.165, 1.54) is 42.5 Å². The molecular formula is C29H23F6NO. The van der Waals surface area contributed by atoms with Crippen molar-refractivity contribution in [3.63, 3.8) is 0 Å². The second kappa shape index (κ2) is 10.4. The molecule has 8 heteroatoms. The quantitative estimate of drug-likeness (QED) is 0.262. The summed E-state index contributed by atoms with van der Waals surface area (Å²) in [5.41, 5.74) is 0.125. The van der Waals surface area contributed by atoms with Crippen molar-refractivity contribution in [2.24, 2.45) is 0 Å². The third-order valence-corrected chi connectivity index (χ3v) is 6.12. The molecule has 0 saturated heterocycles. The molecule has 3 aromatic carbocycles. The van der Waals surface area contributed by atoms with Crippen LogP contribution in [0.2, 0.25) is 0 Å². The number of benzene rings is 3. The molecule has 37 heavy (non-hydrogen) atoms. The SMILES string of the molecule is CC(C)c1nc(-c2ccccc2F)c(CO)c(-c2ccc(F)cc2)c1C(F)c1ccc(C(F)(F)F)cc1. The first-order valence-corrected chi connectivity index (χ1v) is 11.5. The fraction of sp³-hybridized carbons (Fsp3) is 0.207. The Morgan fingerprint density at radius 1 is 0.865 bits per heavy atom. The standard InChI is InChI=1S/C29H23F6NO/c1-16(2)27-25(26(32)18-7-11-19(12-8-18)29(33,34)35)24(17-9-13-20(30)14-10-17)22(15-37)28(36-27)21-5-3-4-6-23(21)31/h3-14,16,26,37H,15H2,1-2H3. The van der Waals surface area contributed by atoms with E-state index in [4.69, 9.17) is 0 Å². The van der Waals surface area contributed by atoms with E-state index in [0.717, 1.165) is 24.3 Å². The van der Waals surface area contributed by atoms with Gasteiger partial charge in [-0.2, -0.15) is 13.2 Å². The van der Waals surface area contributed by atoms with Gasteiger partial charge >= 0.3 is 6.18 Å². The first kappa shape index (κ1) is 26.4. The van der Waals surface area contributed by atoms with E-state index in [1.807, 2.05) is 0 Å². The number of alkyl halides is 4. The molecule has 1 unspecified atom stereocenters. The van der Waals surface area contributed by atoms with E-state index >= 15 is 4.39 Å². The van der Waals surface area contributed by atoms with Crippen molar-refractivity contribution < 1.29 is 31.4 Å². The number of aliphatic hydroxyl groups excluding tert-OH is 1. The predicted molar refractivity (Wildman–Crippen MR) is 129 cm³/mol. The van der Waals surface area contributed by atoms with Crippen LogP contribution in [0.3, 0.4) is 0 Å². The van der Waals surface area contributed by atoms with Crippen molar-refractivity contribution in [3.05, 3.63) is 112 Å². The number of hydrogen-bond acceptors (Lipinski definition) is 2. The summed E-state index contributed by atoms with van der Waals surface area (Å²) >= 11 is 0. The van der Waals surface area contributed by atoms with Crippen LogP contribution in [0.15, 0.2) is 72.8 Å². The molecule has 0 fully saturated rings. The molecule has 2 nitrogen and oxygen atoms in total. The van der Waals surface area contributed by atoms with Crippen LogP contribution in [0.5, 0.6) is 0 Å². The topological polar surface area (TPSA) is 33.1 Å². The number of aromatic nitrogens is 1. The number of pyridine rings is 1. The van der Waals surface area contributed by atoms with E-state index in [0.29, 0.717) is 5.56 Å². The molecule has 0 radical (unpaired) electrons. The summed E-state index contributed by atoms with van der Waals surface area (Å²) in [4.78, 5) is 4.59. The van der Waals surface area contributed by atoms with Gasteiger partial charge < -0.3 is 5.11 Å². The molecule has 0 saturated carbocycles. The average Bonchev–Trinajstić information content (AvgIpc) is 2.87. The maximum Gasteiger partial charge on any atom is 0.416 e. The normalized spacial score (nSPS) is 12.7. The van der Waals surface area contributed by atoms with Gasteiger partial charge in [0, 0.05) is 16.7 Å². The molecule has 1 atom stereocenters. The van der Waals surface area contributed by atoms with Gasteiger partial charge in [0.25, 0.3) is 0 Å². The third-order valence-electron chi connectivity index (χ3n) is 6.12. The summed E-state index contributed by atoms with van der Waals surface area (Å²) in [6, 6.07) is 14.7. The van der Waals surface area contributed by atoms with Crippen LogP contribution in [0.4, 0.5) is 26.3 Å². The fourth-order valence-electron chi connectivity index (χ4n) is 4.34. The van der Waals surface area contributed by atoms with Crippen LogP contribution in [0.1, 0.15) is 53.9 Å². The van der Waals surface area contributed by atoms with Crippen LogP contribution in [-0.2, 0) is 12.8 Å². The Balaban J connectivity index is 2.05. The number of hydrogen-bond donors (Lipinski definition) is 1. The molecule has 4 aromatic rings. The number of halogens is 6. The van der Waals surface area contributed by atoms with Gasteiger partial charge in [0.05, 0.1) is 23.6 Å². The zero-order chi connectivity index (χ0) is 26.9. The minimum atomic E-state index is -4.58. The summed E-state index contributed by atoms with van der Waals surface area (Å²) in [5, 5.41) is 10.4. The highest BCUT2D eigenvalue weighted by molar-refractivity contribution is 5.80. The second-order valence-electron chi connectivity index (χ2n) is 8.89. The smallest absolute Gasteiger partial charge is 0.392 e. The van der Waals surface area contributed by atoms with Crippen molar-refractivity contribution in [1.29, 1.82) is 0 Å². The first-order valence-electron chi connectivity index (χ1n) is 11.5. The summed E-state index contributed by atoms with van der Waals surface area (Å²) in [6.07, 6.45) is -6.52. The first-order chi connectivity index (χ1) is 17.5. The molecule has 0 aliphatic heterocycles. The lowest BCUT2D eigenvalue weighted by Gasteiger charge is -2.25. The van der Waals surface area contributed by atoms with Gasteiger partial charge in [-0.1, -0.05) is 50.2 Å². The molecule has 0 amide bonds. The van der Waals surface area contributed by atoms with Gasteiger partial charge in [-0.3, -0.25) is 4.98 Å². The van der Waals surface area contributed by atoms with Crippen LogP contribution in [-0.4, -0.2) is 10.1 Å². The average molecular weight is 515 g/mol. The highest BCUT2D eigenvalue weighted by Gasteiger charge is 2.32. The third kappa shape index (κ3) is 5.25. The molecule has 0 aliphatic rings. The van der Waals surface area contributed by atoms with Crippen LogP contribution < -0.4 is 0 Å². The molecule has 192 valence electrons. The van der Waals surface area contributed by atoms with E-state index in [-0.39, 0.29) is 45.1 Å². The fourth-order valence-corrected chi connectivity index (χ4v) is 4.34. The maximum atomic E-state index is 16.3. The van der Waals surface area contributed by atoms with E-state index in [2.05, 4.69) is 4.98 Å². The summed E-state index contributed by atoms with van der Waals surface area (Å²) in [7, 11) is 0. The van der Waals surface area contributed by atoms with Gasteiger partial charge in [0.1, 0.15) is 11.6 Å². The van der Waals surface area contributed by atoms with Gasteiger partial charge in [0.2, 0.25) is 0 Å². The second-order valence-corrected chi connectivity index (χ2v) is 8.89. The molecule has 1 heterocycles. The van der Waals surface area contributed by atoms with Crippen molar-refractivity contribution >= 4 is 0 Å². The largest absolute Gasteiger partial charge is 0.416 e. The molecule has 0 bridgehead atoms. The molecule has 0 spiro atoms. The Kier molecular flexibility index (Phi) is 7.41. The monoisotopic (exact) mass is 515 g/mol. The Hall–Kier alpha value is -3.65. The Labute approximate surface area is 210 Å². The number of nitrogens with zero attached hydrogens (tertiary/aromatic N) is 1. The Morgan fingerprint density at radius 3 is 2.03 bits per heavy atom. The number of aliphatic hydroxyl groups is 1. The molecular weight excluding hydrogens is 492 g/mol. The van der Waals surface area contributed by atoms with Crippen molar-refractivity contribution in [3.8, 4) is 22.4 Å². The Morgan fingerprint density at radius 2 is 1.49 bits per heavy atom. The zero-order valence-corrected chi connectivity index (χ0v) is 20.0. The summed E-state index contributed by atoms with van der Waals surface area (Å²) in [5.74, 6) is -1.53. The predicted octanol–water partition coefficient (Wildman–Crippen LogP) is 8.39. The lowest BCUT2D eigenvalue weighted by molar-refractivity contribution is -0.137. The van der Waals surface area contributed by atoms with Crippen molar-refractivity contribution in [2.45, 2.75) is 38.7 Å². The van der Waals surface area contributed by atoms with Crippen molar-refractivity contribution in [1.82, 2.24) is 4.98 Å². The Bertz CT molecular complexity index is 1400. The van der Waals surface area contributed by atoms with Crippen LogP contribution in [0, 0.1) is 11.6 Å². The minimum absolute atomic E-state index is 0.0190. The van der Waals surface area contributed by atoms with Crippen molar-refractivity contribution in [2.75, 3.05) is 0 Å².